The number of nitrogens with one attached hydrogen (secondary N) is 1. The van der Waals surface area contributed by atoms with E-state index in [2.05, 4.69) is 24.4 Å². The van der Waals surface area contributed by atoms with Crippen LogP contribution in [0.2, 0.25) is 0 Å². The van der Waals surface area contributed by atoms with Crippen molar-refractivity contribution in [2.75, 3.05) is 19.7 Å². The standard InChI is InChI=1S/C13H21NO/c1-2-9-14-10-6-11-15-12-13-7-4-3-5-8-13/h3-5,7-8,14H,2,6,9-12H2,1H3. The molecule has 0 unspecified atom stereocenters. The summed E-state index contributed by atoms with van der Waals surface area (Å²) in [6.45, 7) is 5.92. The Balaban J connectivity index is 1.93. The van der Waals surface area contributed by atoms with Gasteiger partial charge in [-0.25, -0.2) is 0 Å². The Morgan fingerprint density at radius 2 is 1.93 bits per heavy atom. The lowest BCUT2D eigenvalue weighted by Gasteiger charge is -2.05. The van der Waals surface area contributed by atoms with Crippen LogP contribution in [0.4, 0.5) is 0 Å². The first kappa shape index (κ1) is 12.2. The molecule has 0 aliphatic carbocycles. The minimum Gasteiger partial charge on any atom is -0.377 e. The van der Waals surface area contributed by atoms with E-state index in [-0.39, 0.29) is 0 Å². The molecule has 0 bridgehead atoms. The maximum Gasteiger partial charge on any atom is 0.0716 e. The molecule has 1 aromatic rings. The summed E-state index contributed by atoms with van der Waals surface area (Å²) >= 11 is 0. The average molecular weight is 207 g/mol. The molecule has 0 saturated carbocycles. The topological polar surface area (TPSA) is 21.3 Å². The first-order valence-electron chi connectivity index (χ1n) is 5.76. The molecule has 0 heterocycles. The monoisotopic (exact) mass is 207 g/mol. The summed E-state index contributed by atoms with van der Waals surface area (Å²) in [6.07, 6.45) is 2.29. The third kappa shape index (κ3) is 6.26. The third-order valence-corrected chi connectivity index (χ3v) is 2.18. The summed E-state index contributed by atoms with van der Waals surface area (Å²) < 4.78 is 5.56. The van der Waals surface area contributed by atoms with E-state index >= 15 is 0 Å². The van der Waals surface area contributed by atoms with Gasteiger partial charge in [0.25, 0.3) is 0 Å². The average Bonchev–Trinajstić information content (AvgIpc) is 2.29. The van der Waals surface area contributed by atoms with Crippen LogP contribution in [0.3, 0.4) is 0 Å². The zero-order valence-electron chi connectivity index (χ0n) is 9.54. The van der Waals surface area contributed by atoms with E-state index < -0.39 is 0 Å². The van der Waals surface area contributed by atoms with Crippen LogP contribution in [-0.2, 0) is 11.3 Å². The molecule has 15 heavy (non-hydrogen) atoms. The Labute approximate surface area is 92.6 Å². The highest BCUT2D eigenvalue weighted by atomic mass is 16.5. The predicted octanol–water partition coefficient (Wildman–Crippen LogP) is 2.59. The van der Waals surface area contributed by atoms with Gasteiger partial charge in [0.05, 0.1) is 6.61 Å². The molecule has 0 atom stereocenters. The van der Waals surface area contributed by atoms with Gasteiger partial charge in [0.1, 0.15) is 0 Å². The zero-order valence-corrected chi connectivity index (χ0v) is 9.54. The fourth-order valence-electron chi connectivity index (χ4n) is 1.37. The Kier molecular flexibility index (Phi) is 6.88. The molecule has 0 saturated heterocycles. The minimum absolute atomic E-state index is 0.731. The van der Waals surface area contributed by atoms with Gasteiger partial charge >= 0.3 is 0 Å². The quantitative estimate of drug-likeness (QED) is 0.662. The molecule has 0 aliphatic rings. The smallest absolute Gasteiger partial charge is 0.0716 e. The molecule has 2 heteroatoms. The Morgan fingerprint density at radius 3 is 2.67 bits per heavy atom. The molecule has 0 fully saturated rings. The summed E-state index contributed by atoms with van der Waals surface area (Å²) in [7, 11) is 0. The molecule has 1 N–H and O–H groups in total. The van der Waals surface area contributed by atoms with Crippen molar-refractivity contribution in [3.8, 4) is 0 Å². The molecule has 0 amide bonds. The van der Waals surface area contributed by atoms with Crippen molar-refractivity contribution >= 4 is 0 Å². The van der Waals surface area contributed by atoms with Crippen LogP contribution < -0.4 is 5.32 Å². The lowest BCUT2D eigenvalue weighted by molar-refractivity contribution is 0.118. The highest BCUT2D eigenvalue weighted by Gasteiger charge is 1.91. The minimum atomic E-state index is 0.731. The number of hydrogen-bond acceptors (Lipinski definition) is 2. The fraction of sp³-hybridized carbons (Fsp3) is 0.538. The van der Waals surface area contributed by atoms with E-state index in [1.807, 2.05) is 18.2 Å². The van der Waals surface area contributed by atoms with Gasteiger partial charge in [0.15, 0.2) is 0 Å². The Morgan fingerprint density at radius 1 is 1.13 bits per heavy atom. The number of hydrogen-bond donors (Lipinski definition) is 1. The Bertz CT molecular complexity index is 236. The van der Waals surface area contributed by atoms with E-state index in [1.165, 1.54) is 12.0 Å². The molecular weight excluding hydrogens is 186 g/mol. The van der Waals surface area contributed by atoms with Crippen molar-refractivity contribution in [1.82, 2.24) is 5.32 Å². The van der Waals surface area contributed by atoms with Gasteiger partial charge in [-0.1, -0.05) is 37.3 Å². The largest absolute Gasteiger partial charge is 0.377 e. The van der Waals surface area contributed by atoms with E-state index in [1.54, 1.807) is 0 Å². The maximum absolute atomic E-state index is 5.56. The summed E-state index contributed by atoms with van der Waals surface area (Å²) in [6, 6.07) is 10.3. The Hall–Kier alpha value is -0.860. The molecular formula is C13H21NO. The second-order valence-corrected chi connectivity index (χ2v) is 3.64. The summed E-state index contributed by atoms with van der Waals surface area (Å²) in [5, 5.41) is 3.35. The molecule has 0 aromatic heterocycles. The molecule has 1 rings (SSSR count). The van der Waals surface area contributed by atoms with Gasteiger partial charge in [-0.05, 0) is 31.5 Å². The van der Waals surface area contributed by atoms with Crippen LogP contribution in [-0.4, -0.2) is 19.7 Å². The van der Waals surface area contributed by atoms with Crippen molar-refractivity contribution in [2.45, 2.75) is 26.4 Å². The van der Waals surface area contributed by atoms with Gasteiger partial charge in [-0.2, -0.15) is 0 Å². The normalized spacial score (nSPS) is 10.5. The first-order valence-corrected chi connectivity index (χ1v) is 5.76. The van der Waals surface area contributed by atoms with Gasteiger partial charge in [0.2, 0.25) is 0 Å². The molecule has 0 spiro atoms. The first-order chi connectivity index (χ1) is 7.43. The summed E-state index contributed by atoms with van der Waals surface area (Å²) in [4.78, 5) is 0. The van der Waals surface area contributed by atoms with Crippen molar-refractivity contribution in [1.29, 1.82) is 0 Å². The van der Waals surface area contributed by atoms with Crippen LogP contribution in [0.25, 0.3) is 0 Å². The van der Waals surface area contributed by atoms with Gasteiger partial charge < -0.3 is 10.1 Å². The fourth-order valence-corrected chi connectivity index (χ4v) is 1.37. The van der Waals surface area contributed by atoms with Gasteiger partial charge in [0, 0.05) is 6.61 Å². The van der Waals surface area contributed by atoms with Crippen molar-refractivity contribution in [2.24, 2.45) is 0 Å². The number of benzene rings is 1. The molecule has 1 aromatic carbocycles. The second kappa shape index (κ2) is 8.45. The summed E-state index contributed by atoms with van der Waals surface area (Å²) in [5.74, 6) is 0. The molecule has 2 nitrogen and oxygen atoms in total. The van der Waals surface area contributed by atoms with Crippen LogP contribution in [0.15, 0.2) is 30.3 Å². The molecule has 0 radical (unpaired) electrons. The SMILES string of the molecule is CCCNCCCOCc1ccccc1. The lowest BCUT2D eigenvalue weighted by Crippen LogP contribution is -2.17. The second-order valence-electron chi connectivity index (χ2n) is 3.64. The van der Waals surface area contributed by atoms with Crippen LogP contribution in [0, 0.1) is 0 Å². The predicted molar refractivity (Wildman–Crippen MR) is 63.9 cm³/mol. The van der Waals surface area contributed by atoms with Gasteiger partial charge in [-0.15, -0.1) is 0 Å². The van der Waals surface area contributed by atoms with Crippen LogP contribution in [0.5, 0.6) is 0 Å². The van der Waals surface area contributed by atoms with Gasteiger partial charge in [-0.3, -0.25) is 0 Å². The lowest BCUT2D eigenvalue weighted by atomic mass is 10.2. The maximum atomic E-state index is 5.56. The number of rotatable bonds is 8. The van der Waals surface area contributed by atoms with E-state index in [9.17, 15) is 0 Å². The summed E-state index contributed by atoms with van der Waals surface area (Å²) in [5.41, 5.74) is 1.25. The van der Waals surface area contributed by atoms with Crippen LogP contribution in [0.1, 0.15) is 25.3 Å². The van der Waals surface area contributed by atoms with Crippen LogP contribution >= 0.6 is 0 Å². The van der Waals surface area contributed by atoms with E-state index in [0.29, 0.717) is 0 Å². The highest BCUT2D eigenvalue weighted by molar-refractivity contribution is 5.13. The highest BCUT2D eigenvalue weighted by Crippen LogP contribution is 2.00. The third-order valence-electron chi connectivity index (χ3n) is 2.18. The van der Waals surface area contributed by atoms with Crippen molar-refractivity contribution < 1.29 is 4.74 Å². The van der Waals surface area contributed by atoms with E-state index in [0.717, 1.165) is 32.7 Å². The van der Waals surface area contributed by atoms with E-state index in [4.69, 9.17) is 4.74 Å². The molecule has 0 aliphatic heterocycles. The molecule has 84 valence electrons. The zero-order chi connectivity index (χ0) is 10.8. The van der Waals surface area contributed by atoms with Crippen molar-refractivity contribution in [3.63, 3.8) is 0 Å². The number of ether oxygens (including phenoxy) is 1. The van der Waals surface area contributed by atoms with Crippen molar-refractivity contribution in [3.05, 3.63) is 35.9 Å².